The van der Waals surface area contributed by atoms with Crippen LogP contribution >= 0.6 is 23.2 Å². The molecule has 1 N–H and O–H groups in total. The van der Waals surface area contributed by atoms with Crippen molar-refractivity contribution in [2.75, 3.05) is 23.7 Å². The second kappa shape index (κ2) is 14.6. The van der Waals surface area contributed by atoms with Crippen molar-refractivity contribution in [3.63, 3.8) is 0 Å². The molecule has 0 saturated heterocycles. The maximum atomic E-state index is 13.5. The Balaban J connectivity index is 2.28. The maximum absolute atomic E-state index is 13.5. The second-order valence-corrected chi connectivity index (χ2v) is 11.9. The molecule has 2 aromatic rings. The molecule has 0 spiro atoms. The number of rotatable bonds is 14. The lowest BCUT2D eigenvalue weighted by atomic mass is 10.1. The van der Waals surface area contributed by atoms with Crippen LogP contribution in [0.5, 0.6) is 5.75 Å². The fraction of sp³-hybridized carbons (Fsp3) is 0.481. The number of anilines is 1. The molecule has 8 nitrogen and oxygen atoms in total. The highest BCUT2D eigenvalue weighted by molar-refractivity contribution is 7.92. The molecule has 1 atom stereocenters. The van der Waals surface area contributed by atoms with Crippen LogP contribution in [-0.2, 0) is 26.2 Å². The predicted octanol–water partition coefficient (Wildman–Crippen LogP) is 5.27. The first kappa shape index (κ1) is 31.7. The number of nitrogens with one attached hydrogen (secondary N) is 1. The summed E-state index contributed by atoms with van der Waals surface area (Å²) in [5.74, 6) is -0.0721. The first-order valence-electron chi connectivity index (χ1n) is 12.6. The Bertz CT molecular complexity index is 1210. The third kappa shape index (κ3) is 9.06. The van der Waals surface area contributed by atoms with Crippen molar-refractivity contribution in [1.29, 1.82) is 0 Å². The average Bonchev–Trinajstić information content (AvgIpc) is 2.83. The van der Waals surface area contributed by atoms with E-state index in [-0.39, 0.29) is 43.8 Å². The summed E-state index contributed by atoms with van der Waals surface area (Å²) in [6, 6.07) is 11.2. The van der Waals surface area contributed by atoms with Gasteiger partial charge in [-0.3, -0.25) is 13.9 Å². The van der Waals surface area contributed by atoms with E-state index in [1.807, 2.05) is 27.7 Å². The molecule has 11 heteroatoms. The van der Waals surface area contributed by atoms with E-state index in [0.29, 0.717) is 34.5 Å². The van der Waals surface area contributed by atoms with Gasteiger partial charge in [0, 0.05) is 25.6 Å². The van der Waals surface area contributed by atoms with E-state index >= 15 is 0 Å². The van der Waals surface area contributed by atoms with Gasteiger partial charge in [0.2, 0.25) is 21.8 Å². The summed E-state index contributed by atoms with van der Waals surface area (Å²) in [4.78, 5) is 28.0. The standard InChI is InChI=1S/C27H37Cl2N3O5S/c1-6-23(27(34)30-19(3)4)31(18-20-14-15-21(28)22(29)17-20)26(33)13-10-16-32(38(5,35)36)24-11-8-9-12-25(24)37-7-2/h8-9,11-12,14-15,17,19,23H,6-7,10,13,16,18H2,1-5H3,(H,30,34)/t23-/m1/s1. The van der Waals surface area contributed by atoms with Gasteiger partial charge in [-0.1, -0.05) is 48.3 Å². The minimum Gasteiger partial charge on any atom is -0.492 e. The van der Waals surface area contributed by atoms with Gasteiger partial charge >= 0.3 is 0 Å². The molecule has 0 unspecified atom stereocenters. The quantitative estimate of drug-likeness (QED) is 0.326. The molecule has 0 saturated carbocycles. The van der Waals surface area contributed by atoms with Crippen molar-refractivity contribution in [2.24, 2.45) is 0 Å². The van der Waals surface area contributed by atoms with Crippen molar-refractivity contribution in [3.8, 4) is 5.75 Å². The fourth-order valence-corrected chi connectivity index (χ4v) is 5.35. The molecule has 0 aliphatic heterocycles. The lowest BCUT2D eigenvalue weighted by Crippen LogP contribution is -2.50. The number of benzene rings is 2. The van der Waals surface area contributed by atoms with Crippen molar-refractivity contribution in [1.82, 2.24) is 10.2 Å². The maximum Gasteiger partial charge on any atom is 0.243 e. The number of carbonyl (C=O) groups excluding carboxylic acids is 2. The monoisotopic (exact) mass is 585 g/mol. The molecule has 0 aromatic heterocycles. The zero-order chi connectivity index (χ0) is 28.5. The van der Waals surface area contributed by atoms with Crippen LogP contribution in [0, 0.1) is 0 Å². The van der Waals surface area contributed by atoms with Crippen molar-refractivity contribution in [3.05, 3.63) is 58.1 Å². The first-order chi connectivity index (χ1) is 17.9. The Morgan fingerprint density at radius 1 is 1.05 bits per heavy atom. The molecule has 2 amide bonds. The Hall–Kier alpha value is -2.49. The first-order valence-corrected chi connectivity index (χ1v) is 15.2. The van der Waals surface area contributed by atoms with E-state index in [1.165, 1.54) is 9.21 Å². The molecule has 0 radical (unpaired) electrons. The number of sulfonamides is 1. The van der Waals surface area contributed by atoms with Gasteiger partial charge in [-0.05, 0) is 63.4 Å². The second-order valence-electron chi connectivity index (χ2n) is 9.20. The molecule has 38 heavy (non-hydrogen) atoms. The molecular formula is C27H37Cl2N3O5S. The van der Waals surface area contributed by atoms with E-state index in [1.54, 1.807) is 42.5 Å². The van der Waals surface area contributed by atoms with Crippen LogP contribution in [0.1, 0.15) is 52.5 Å². The van der Waals surface area contributed by atoms with Gasteiger partial charge in [-0.15, -0.1) is 0 Å². The number of amides is 2. The fourth-order valence-electron chi connectivity index (χ4n) is 4.06. The van der Waals surface area contributed by atoms with Crippen LogP contribution in [0.25, 0.3) is 0 Å². The Morgan fingerprint density at radius 3 is 2.32 bits per heavy atom. The molecule has 0 bridgehead atoms. The summed E-state index contributed by atoms with van der Waals surface area (Å²) in [5, 5.41) is 3.64. The highest BCUT2D eigenvalue weighted by Gasteiger charge is 2.29. The minimum atomic E-state index is -3.65. The zero-order valence-corrected chi connectivity index (χ0v) is 24.9. The topological polar surface area (TPSA) is 96.0 Å². The van der Waals surface area contributed by atoms with E-state index < -0.39 is 16.1 Å². The van der Waals surface area contributed by atoms with Gasteiger partial charge in [0.25, 0.3) is 0 Å². The van der Waals surface area contributed by atoms with Crippen molar-refractivity contribution < 1.29 is 22.7 Å². The van der Waals surface area contributed by atoms with Crippen LogP contribution < -0.4 is 14.4 Å². The number of carbonyl (C=O) groups is 2. The highest BCUT2D eigenvalue weighted by Crippen LogP contribution is 2.30. The van der Waals surface area contributed by atoms with Crippen LogP contribution in [0.2, 0.25) is 10.0 Å². The summed E-state index contributed by atoms with van der Waals surface area (Å²) < 4.78 is 32.2. The number of para-hydroxylation sites is 2. The Kier molecular flexibility index (Phi) is 12.2. The molecule has 210 valence electrons. The van der Waals surface area contributed by atoms with E-state index in [0.717, 1.165) is 11.8 Å². The van der Waals surface area contributed by atoms with Gasteiger partial charge < -0.3 is 15.0 Å². The number of ether oxygens (including phenoxy) is 1. The van der Waals surface area contributed by atoms with Gasteiger partial charge in [0.15, 0.2) is 0 Å². The van der Waals surface area contributed by atoms with Crippen molar-refractivity contribution in [2.45, 2.75) is 65.6 Å². The number of hydrogen-bond donors (Lipinski definition) is 1. The van der Waals surface area contributed by atoms with Crippen LogP contribution in [0.3, 0.4) is 0 Å². The summed E-state index contributed by atoms with van der Waals surface area (Å²) in [7, 11) is -3.65. The van der Waals surface area contributed by atoms with Crippen LogP contribution in [-0.4, -0.2) is 56.6 Å². The largest absolute Gasteiger partial charge is 0.492 e. The smallest absolute Gasteiger partial charge is 0.243 e. The minimum absolute atomic E-state index is 0.0373. The number of halogens is 2. The normalized spacial score (nSPS) is 12.2. The van der Waals surface area contributed by atoms with Gasteiger partial charge in [0.05, 0.1) is 28.6 Å². The lowest BCUT2D eigenvalue weighted by molar-refractivity contribution is -0.141. The highest BCUT2D eigenvalue weighted by atomic mass is 35.5. The van der Waals surface area contributed by atoms with E-state index in [4.69, 9.17) is 27.9 Å². The Labute approximate surface area is 236 Å². The van der Waals surface area contributed by atoms with Crippen LogP contribution in [0.15, 0.2) is 42.5 Å². The van der Waals surface area contributed by atoms with Gasteiger partial charge in [0.1, 0.15) is 11.8 Å². The summed E-state index contributed by atoms with van der Waals surface area (Å²) in [6.45, 7) is 7.99. The van der Waals surface area contributed by atoms with Gasteiger partial charge in [-0.2, -0.15) is 0 Å². The molecule has 2 aromatic carbocycles. The molecule has 2 rings (SSSR count). The molecule has 0 aliphatic rings. The molecule has 0 heterocycles. The Morgan fingerprint density at radius 2 is 1.74 bits per heavy atom. The summed E-state index contributed by atoms with van der Waals surface area (Å²) in [6.07, 6.45) is 1.81. The predicted molar refractivity (Wildman–Crippen MR) is 153 cm³/mol. The van der Waals surface area contributed by atoms with Crippen LogP contribution in [0.4, 0.5) is 5.69 Å². The van der Waals surface area contributed by atoms with Crippen molar-refractivity contribution >= 4 is 50.7 Å². The number of hydrogen-bond acceptors (Lipinski definition) is 5. The SMILES string of the molecule is CCOc1ccccc1N(CCCC(=O)N(Cc1ccc(Cl)c(Cl)c1)[C@H](CC)C(=O)NC(C)C)S(C)(=O)=O. The number of nitrogens with zero attached hydrogens (tertiary/aromatic N) is 2. The van der Waals surface area contributed by atoms with E-state index in [2.05, 4.69) is 5.32 Å². The zero-order valence-electron chi connectivity index (χ0n) is 22.5. The lowest BCUT2D eigenvalue weighted by Gasteiger charge is -2.32. The summed E-state index contributed by atoms with van der Waals surface area (Å²) in [5.41, 5.74) is 1.15. The van der Waals surface area contributed by atoms with E-state index in [9.17, 15) is 18.0 Å². The third-order valence-corrected chi connectivity index (χ3v) is 7.66. The summed E-state index contributed by atoms with van der Waals surface area (Å²) >= 11 is 12.2. The molecule has 0 fully saturated rings. The molecule has 0 aliphatic carbocycles. The third-order valence-electron chi connectivity index (χ3n) is 5.74. The average molecular weight is 587 g/mol. The molecular weight excluding hydrogens is 549 g/mol. The van der Waals surface area contributed by atoms with Gasteiger partial charge in [-0.25, -0.2) is 8.42 Å².